The van der Waals surface area contributed by atoms with Gasteiger partial charge in [0.05, 0.1) is 18.0 Å². The molecule has 43 heavy (non-hydrogen) atoms. The fourth-order valence-corrected chi connectivity index (χ4v) is 5.85. The van der Waals surface area contributed by atoms with E-state index >= 15 is 0 Å². The van der Waals surface area contributed by atoms with E-state index in [2.05, 4.69) is 15.0 Å². The Morgan fingerprint density at radius 3 is 2.05 bits per heavy atom. The SMILES string of the molecule is CCOC(=O)c1ncoc1CCN(Cc1ccccc1)c1ccccc1NP(=O)(Oc1ccccc1)Oc1ccccc1. The van der Waals surface area contributed by atoms with Crippen LogP contribution < -0.4 is 19.0 Å². The number of carbonyl (C=O) groups excluding carboxylic acids is 1. The largest absolute Gasteiger partial charge is 0.541 e. The number of aromatic nitrogens is 1. The molecule has 4 aromatic carbocycles. The zero-order chi connectivity index (χ0) is 29.9. The van der Waals surface area contributed by atoms with Crippen molar-refractivity contribution >= 4 is 25.1 Å². The Morgan fingerprint density at radius 1 is 0.837 bits per heavy atom. The summed E-state index contributed by atoms with van der Waals surface area (Å²) in [5.74, 6) is 0.682. The molecular formula is C33H32N3O6P. The number of benzene rings is 4. The van der Waals surface area contributed by atoms with E-state index in [4.69, 9.17) is 18.2 Å². The molecule has 0 aliphatic heterocycles. The summed E-state index contributed by atoms with van der Waals surface area (Å²) in [4.78, 5) is 18.6. The third-order valence-corrected chi connectivity index (χ3v) is 7.79. The van der Waals surface area contributed by atoms with E-state index < -0.39 is 13.7 Å². The predicted octanol–water partition coefficient (Wildman–Crippen LogP) is 7.78. The van der Waals surface area contributed by atoms with Gasteiger partial charge < -0.3 is 23.1 Å². The van der Waals surface area contributed by atoms with E-state index in [1.807, 2.05) is 66.7 Å². The third kappa shape index (κ3) is 8.05. The first kappa shape index (κ1) is 29.5. The molecule has 0 aliphatic carbocycles. The molecule has 0 bridgehead atoms. The zero-order valence-corrected chi connectivity index (χ0v) is 24.6. The van der Waals surface area contributed by atoms with Gasteiger partial charge in [0.15, 0.2) is 12.1 Å². The van der Waals surface area contributed by atoms with Crippen LogP contribution in [0.15, 0.2) is 126 Å². The molecule has 0 fully saturated rings. The lowest BCUT2D eigenvalue weighted by molar-refractivity contribution is 0.0517. The third-order valence-electron chi connectivity index (χ3n) is 6.37. The van der Waals surface area contributed by atoms with Crippen LogP contribution in [-0.4, -0.2) is 24.1 Å². The predicted molar refractivity (Wildman–Crippen MR) is 165 cm³/mol. The summed E-state index contributed by atoms with van der Waals surface area (Å²) in [6, 6.07) is 35.2. The molecule has 0 amide bonds. The van der Waals surface area contributed by atoms with E-state index in [-0.39, 0.29) is 12.3 Å². The highest BCUT2D eigenvalue weighted by atomic mass is 31.2. The Labute approximate surface area is 250 Å². The Balaban J connectivity index is 1.47. The second-order valence-electron chi connectivity index (χ2n) is 9.44. The van der Waals surface area contributed by atoms with Crippen molar-refractivity contribution in [2.24, 2.45) is 0 Å². The molecule has 5 aromatic rings. The van der Waals surface area contributed by atoms with Crippen molar-refractivity contribution in [2.45, 2.75) is 19.9 Å². The minimum atomic E-state index is -4.00. The first-order chi connectivity index (χ1) is 21.0. The second-order valence-corrected chi connectivity index (χ2v) is 11.0. The molecule has 0 aliphatic rings. The second kappa shape index (κ2) is 14.2. The number of nitrogens with one attached hydrogen (secondary N) is 1. The zero-order valence-electron chi connectivity index (χ0n) is 23.7. The van der Waals surface area contributed by atoms with Gasteiger partial charge in [0.1, 0.15) is 17.3 Å². The van der Waals surface area contributed by atoms with Crippen LogP contribution in [0.2, 0.25) is 0 Å². The molecule has 1 aromatic heterocycles. The van der Waals surface area contributed by atoms with Crippen LogP contribution in [-0.2, 0) is 22.3 Å². The van der Waals surface area contributed by atoms with Crippen LogP contribution in [0, 0.1) is 0 Å². The molecule has 9 nitrogen and oxygen atoms in total. The lowest BCUT2D eigenvalue weighted by atomic mass is 10.1. The molecule has 10 heteroatoms. The van der Waals surface area contributed by atoms with Gasteiger partial charge in [0.2, 0.25) is 0 Å². The van der Waals surface area contributed by atoms with Gasteiger partial charge in [-0.2, -0.15) is 0 Å². The number of hydrogen-bond acceptors (Lipinski definition) is 8. The molecule has 0 unspecified atom stereocenters. The maximum Gasteiger partial charge on any atom is 0.541 e. The minimum Gasteiger partial charge on any atom is -0.461 e. The molecule has 1 N–H and O–H groups in total. The van der Waals surface area contributed by atoms with Gasteiger partial charge >= 0.3 is 13.7 Å². The smallest absolute Gasteiger partial charge is 0.461 e. The first-order valence-electron chi connectivity index (χ1n) is 13.9. The Kier molecular flexibility index (Phi) is 9.77. The molecule has 0 saturated carbocycles. The van der Waals surface area contributed by atoms with Gasteiger partial charge in [0.25, 0.3) is 0 Å². The molecular weight excluding hydrogens is 565 g/mol. The van der Waals surface area contributed by atoms with Gasteiger partial charge in [-0.1, -0.05) is 78.9 Å². The summed E-state index contributed by atoms with van der Waals surface area (Å²) in [6.07, 6.45) is 1.62. The quantitative estimate of drug-likeness (QED) is 0.102. The molecule has 0 saturated heterocycles. The average Bonchev–Trinajstić information content (AvgIpc) is 3.50. The van der Waals surface area contributed by atoms with E-state index in [0.717, 1.165) is 11.3 Å². The van der Waals surface area contributed by atoms with Crippen LogP contribution in [0.5, 0.6) is 11.5 Å². The van der Waals surface area contributed by atoms with Crippen molar-refractivity contribution < 1.29 is 27.6 Å². The van der Waals surface area contributed by atoms with Crippen molar-refractivity contribution in [1.29, 1.82) is 0 Å². The number of hydrogen-bond donors (Lipinski definition) is 1. The fraction of sp³-hybridized carbons (Fsp3) is 0.152. The van der Waals surface area contributed by atoms with Crippen molar-refractivity contribution in [3.63, 3.8) is 0 Å². The summed E-state index contributed by atoms with van der Waals surface area (Å²) >= 11 is 0. The van der Waals surface area contributed by atoms with Gasteiger partial charge in [-0.05, 0) is 48.9 Å². The number of nitrogens with zero attached hydrogens (tertiary/aromatic N) is 2. The molecule has 0 radical (unpaired) electrons. The van der Waals surface area contributed by atoms with Crippen molar-refractivity contribution in [3.8, 4) is 11.5 Å². The molecule has 0 spiro atoms. The summed E-state index contributed by atoms with van der Waals surface area (Å²) in [5, 5.41) is 3.09. The lowest BCUT2D eigenvalue weighted by Crippen LogP contribution is -2.27. The van der Waals surface area contributed by atoms with E-state index in [1.165, 1.54) is 6.39 Å². The number of ether oxygens (including phenoxy) is 1. The lowest BCUT2D eigenvalue weighted by Gasteiger charge is -2.29. The monoisotopic (exact) mass is 597 g/mol. The summed E-state index contributed by atoms with van der Waals surface area (Å²) in [7, 11) is -4.00. The average molecular weight is 598 g/mol. The Hall–Kier alpha value is -5.01. The number of rotatable bonds is 14. The Bertz CT molecular complexity index is 1600. The Morgan fingerprint density at radius 2 is 1.42 bits per heavy atom. The summed E-state index contributed by atoms with van der Waals surface area (Å²) in [6.45, 7) is 2.94. The van der Waals surface area contributed by atoms with E-state index in [1.54, 1.807) is 55.5 Å². The van der Waals surface area contributed by atoms with Crippen molar-refractivity contribution in [1.82, 2.24) is 4.98 Å². The summed E-state index contributed by atoms with van der Waals surface area (Å²) < 4.78 is 37.0. The van der Waals surface area contributed by atoms with Gasteiger partial charge in [0, 0.05) is 19.5 Å². The molecule has 1 heterocycles. The maximum atomic E-state index is 14.3. The van der Waals surface area contributed by atoms with Crippen molar-refractivity contribution in [2.75, 3.05) is 23.1 Å². The van der Waals surface area contributed by atoms with Crippen molar-refractivity contribution in [3.05, 3.63) is 139 Å². The topological polar surface area (TPSA) is 103 Å². The number of carbonyl (C=O) groups is 1. The highest BCUT2D eigenvalue weighted by Crippen LogP contribution is 2.50. The number of oxazole rings is 1. The number of anilines is 2. The molecule has 5 rings (SSSR count). The summed E-state index contributed by atoms with van der Waals surface area (Å²) in [5.41, 5.74) is 2.50. The number of esters is 1. The van der Waals surface area contributed by atoms with Gasteiger partial charge in [-0.25, -0.2) is 14.3 Å². The first-order valence-corrected chi connectivity index (χ1v) is 15.4. The van der Waals surface area contributed by atoms with Gasteiger partial charge in [-0.15, -0.1) is 0 Å². The maximum absolute atomic E-state index is 14.3. The van der Waals surface area contributed by atoms with Crippen LogP contribution in [0.25, 0.3) is 0 Å². The molecule has 220 valence electrons. The highest BCUT2D eigenvalue weighted by molar-refractivity contribution is 7.56. The standard InChI is InChI=1S/C33H32N3O6P/c1-2-39-33(37)32-31(40-25-34-32)22-23-36(24-26-14-6-3-7-15-26)30-21-13-12-20-29(30)35-43(38,41-27-16-8-4-9-17-27)42-28-18-10-5-11-19-28/h3-21,25H,2,22-24H2,1H3,(H,35,38). The van der Waals surface area contributed by atoms with Crippen LogP contribution in [0.1, 0.15) is 28.7 Å². The van der Waals surface area contributed by atoms with E-state index in [0.29, 0.717) is 42.5 Å². The fourth-order valence-electron chi connectivity index (χ4n) is 4.43. The van der Waals surface area contributed by atoms with E-state index in [9.17, 15) is 9.36 Å². The minimum absolute atomic E-state index is 0.157. The molecule has 0 atom stereocenters. The van der Waals surface area contributed by atoms with Gasteiger partial charge in [-0.3, -0.25) is 5.09 Å². The van der Waals surface area contributed by atoms with Crippen LogP contribution >= 0.6 is 7.75 Å². The normalized spacial score (nSPS) is 11.0. The van der Waals surface area contributed by atoms with Crippen LogP contribution in [0.3, 0.4) is 0 Å². The highest BCUT2D eigenvalue weighted by Gasteiger charge is 2.31. The van der Waals surface area contributed by atoms with Crippen LogP contribution in [0.4, 0.5) is 11.4 Å². The number of para-hydroxylation sites is 4.